The molecular weight excluding hydrogens is 842 g/mol. The Hall–Kier alpha value is -6.30. The number of alkyl halides is 6. The highest BCUT2D eigenvalue weighted by Crippen LogP contribution is 2.55. The number of nitrogens with one attached hydrogen (secondary N) is 2. The van der Waals surface area contributed by atoms with E-state index in [-0.39, 0.29) is 67.7 Å². The molecule has 2 aliphatic heterocycles. The van der Waals surface area contributed by atoms with Gasteiger partial charge in [-0.25, -0.2) is 0 Å². The standard InChI is InChI=1S/C21H19F3N4O.C18H16BrF3N4O.C3H4/c1-5-6-13-7-14(9-15(8-13)21(22,23)24)20(11(2)3)16(10-25)18(26)29-19-17(20)12(4)27-28-19;1-8(2)17(10-4-11(18(20,21)22)6-12(19)5-10)13(7-23)15(24)27-16-14(17)9(3)25-26-16;1-3-2/h7-9,11H,26H2,1-4H3,(H,27,28);4-6,8H,24H2,1-3H3,(H,25,26);1H,2H3. The second kappa shape index (κ2) is 16.9. The van der Waals surface area contributed by atoms with Crippen LogP contribution >= 0.6 is 15.9 Å². The Morgan fingerprint density at radius 1 is 0.729 bits per heavy atom. The molecule has 2 atom stereocenters. The summed E-state index contributed by atoms with van der Waals surface area (Å²) in [5.41, 5.74) is 10.8. The SMILES string of the molecule is C#CC.CC#Cc1cc(C(F)(F)F)cc(C2(C(C)C)C(C#N)=C(N)Oc3n[nH]c(C)c32)c1.Cc1[nH]nc2c1C(c1cc(Br)cc(C(F)(F)F)c1)(C(C)C)C(C#N)=C(N)O2. The molecule has 308 valence electrons. The number of hydrogen-bond donors (Lipinski definition) is 4. The van der Waals surface area contributed by atoms with E-state index in [0.717, 1.165) is 24.3 Å². The van der Waals surface area contributed by atoms with E-state index >= 15 is 0 Å². The Labute approximate surface area is 345 Å². The maximum Gasteiger partial charge on any atom is 0.416 e. The second-order valence-electron chi connectivity index (χ2n) is 14.1. The average Bonchev–Trinajstić information content (AvgIpc) is 3.70. The van der Waals surface area contributed by atoms with Gasteiger partial charge in [0.05, 0.1) is 33.1 Å². The number of halogens is 7. The highest BCUT2D eigenvalue weighted by atomic mass is 79.9. The van der Waals surface area contributed by atoms with Crippen LogP contribution < -0.4 is 20.9 Å². The summed E-state index contributed by atoms with van der Waals surface area (Å²) in [6.45, 7) is 13.9. The number of nitrogens with two attached hydrogens (primary N) is 2. The minimum atomic E-state index is -4.58. The number of H-pyrrole nitrogens is 2. The molecule has 59 heavy (non-hydrogen) atoms. The third kappa shape index (κ3) is 7.96. The molecule has 17 heteroatoms. The summed E-state index contributed by atoms with van der Waals surface area (Å²) in [7, 11) is 0. The molecule has 0 spiro atoms. The van der Waals surface area contributed by atoms with Crippen LogP contribution in [0.4, 0.5) is 26.3 Å². The van der Waals surface area contributed by atoms with E-state index in [1.165, 1.54) is 0 Å². The highest BCUT2D eigenvalue weighted by molar-refractivity contribution is 9.10. The van der Waals surface area contributed by atoms with Crippen LogP contribution in [-0.2, 0) is 23.2 Å². The molecule has 4 aromatic rings. The molecule has 0 amide bonds. The van der Waals surface area contributed by atoms with Gasteiger partial charge >= 0.3 is 12.4 Å². The first-order valence-corrected chi connectivity index (χ1v) is 18.5. The summed E-state index contributed by atoms with van der Waals surface area (Å²) in [6.07, 6.45) is -4.53. The van der Waals surface area contributed by atoms with Crippen molar-refractivity contribution < 1.29 is 35.8 Å². The molecule has 6 rings (SSSR count). The van der Waals surface area contributed by atoms with Crippen molar-refractivity contribution >= 4 is 15.9 Å². The number of aromatic nitrogens is 4. The van der Waals surface area contributed by atoms with E-state index < -0.39 is 34.3 Å². The Morgan fingerprint density at radius 3 is 1.47 bits per heavy atom. The molecule has 0 aliphatic carbocycles. The summed E-state index contributed by atoms with van der Waals surface area (Å²) in [6, 6.07) is 11.3. The predicted molar refractivity (Wildman–Crippen MR) is 210 cm³/mol. The molecule has 0 saturated carbocycles. The zero-order chi connectivity index (χ0) is 44.4. The number of nitrogens with zero attached hydrogens (tertiary/aromatic N) is 4. The number of rotatable bonds is 4. The number of benzene rings is 2. The summed E-state index contributed by atoms with van der Waals surface area (Å²) in [5.74, 6) is 6.87. The van der Waals surface area contributed by atoms with Crippen molar-refractivity contribution in [3.63, 3.8) is 0 Å². The van der Waals surface area contributed by atoms with Gasteiger partial charge in [0.2, 0.25) is 23.5 Å². The number of fused-ring (bicyclic) bond motifs is 2. The molecule has 6 N–H and O–H groups in total. The normalized spacial score (nSPS) is 18.3. The summed E-state index contributed by atoms with van der Waals surface area (Å²) in [5, 5.41) is 33.5. The topological polar surface area (TPSA) is 175 Å². The molecule has 4 heterocycles. The highest BCUT2D eigenvalue weighted by Gasteiger charge is 2.53. The van der Waals surface area contributed by atoms with Crippen LogP contribution in [-0.4, -0.2) is 20.4 Å². The van der Waals surface area contributed by atoms with Crippen LogP contribution in [0.5, 0.6) is 11.8 Å². The fourth-order valence-corrected chi connectivity index (χ4v) is 8.23. The summed E-state index contributed by atoms with van der Waals surface area (Å²) in [4.78, 5) is 0. The van der Waals surface area contributed by atoms with Crippen LogP contribution in [0.2, 0.25) is 0 Å². The lowest BCUT2D eigenvalue weighted by Crippen LogP contribution is -2.41. The van der Waals surface area contributed by atoms with E-state index in [4.69, 9.17) is 20.9 Å². The third-order valence-electron chi connectivity index (χ3n) is 9.93. The first-order valence-electron chi connectivity index (χ1n) is 17.7. The van der Waals surface area contributed by atoms with Gasteiger partial charge < -0.3 is 20.9 Å². The molecule has 10 nitrogen and oxygen atoms in total. The van der Waals surface area contributed by atoms with Gasteiger partial charge in [-0.05, 0) is 87.1 Å². The fourth-order valence-electron chi connectivity index (χ4n) is 7.74. The van der Waals surface area contributed by atoms with E-state index in [9.17, 15) is 36.9 Å². The molecule has 0 radical (unpaired) electrons. The van der Waals surface area contributed by atoms with Gasteiger partial charge in [-0.2, -0.15) is 36.9 Å². The lowest BCUT2D eigenvalue weighted by Gasteiger charge is -2.41. The molecule has 0 fully saturated rings. The van der Waals surface area contributed by atoms with Crippen LogP contribution in [0.1, 0.15) is 91.9 Å². The molecular formula is C42H39BrF6N8O2. The van der Waals surface area contributed by atoms with E-state index in [0.29, 0.717) is 22.5 Å². The second-order valence-corrected chi connectivity index (χ2v) is 15.0. The van der Waals surface area contributed by atoms with Gasteiger partial charge in [0.1, 0.15) is 23.3 Å². The van der Waals surface area contributed by atoms with Crippen molar-refractivity contribution in [1.82, 2.24) is 20.4 Å². The first kappa shape index (κ1) is 45.4. The number of aromatic amines is 2. The predicted octanol–water partition coefficient (Wildman–Crippen LogP) is 9.30. The number of hydrogen-bond acceptors (Lipinski definition) is 8. The van der Waals surface area contributed by atoms with Gasteiger partial charge in [0.15, 0.2) is 0 Å². The van der Waals surface area contributed by atoms with Crippen molar-refractivity contribution in [3.8, 4) is 48.1 Å². The first-order chi connectivity index (χ1) is 27.5. The zero-order valence-electron chi connectivity index (χ0n) is 33.1. The number of terminal acetylenes is 1. The summed E-state index contributed by atoms with van der Waals surface area (Å²) >= 11 is 3.17. The van der Waals surface area contributed by atoms with Crippen LogP contribution in [0.3, 0.4) is 0 Å². The van der Waals surface area contributed by atoms with Crippen LogP contribution in [0, 0.1) is 72.5 Å². The Bertz CT molecular complexity index is 2530. The Morgan fingerprint density at radius 2 is 1.12 bits per heavy atom. The molecule has 0 bridgehead atoms. The number of ether oxygens (including phenoxy) is 2. The number of nitriles is 2. The molecule has 0 saturated heterocycles. The molecule has 2 aliphatic rings. The van der Waals surface area contributed by atoms with E-state index in [1.807, 2.05) is 27.7 Å². The minimum Gasteiger partial charge on any atom is -0.420 e. The fraction of sp³-hybridized carbons (Fsp3) is 0.333. The van der Waals surface area contributed by atoms with Gasteiger partial charge in [0, 0.05) is 21.4 Å². The Balaban J connectivity index is 0.000000245. The molecule has 2 aromatic heterocycles. The van der Waals surface area contributed by atoms with Crippen LogP contribution in [0.25, 0.3) is 0 Å². The van der Waals surface area contributed by atoms with Crippen molar-refractivity contribution in [2.24, 2.45) is 23.3 Å². The molecule has 2 unspecified atom stereocenters. The smallest absolute Gasteiger partial charge is 0.416 e. The minimum absolute atomic E-state index is 0.0410. The third-order valence-corrected chi connectivity index (χ3v) is 10.4. The monoisotopic (exact) mass is 880 g/mol. The van der Waals surface area contributed by atoms with Gasteiger partial charge in [-0.15, -0.1) is 28.5 Å². The van der Waals surface area contributed by atoms with Gasteiger partial charge in [-0.1, -0.05) is 49.5 Å². The lowest BCUT2D eigenvalue weighted by molar-refractivity contribution is -0.138. The Kier molecular flexibility index (Phi) is 13.0. The lowest BCUT2D eigenvalue weighted by atomic mass is 9.61. The van der Waals surface area contributed by atoms with Crippen molar-refractivity contribution in [3.05, 3.63) is 114 Å². The maximum absolute atomic E-state index is 13.7. The largest absolute Gasteiger partial charge is 0.420 e. The number of allylic oxidation sites excluding steroid dienone is 2. The average molecular weight is 882 g/mol. The van der Waals surface area contributed by atoms with Crippen LogP contribution in [0.15, 0.2) is 63.8 Å². The maximum atomic E-state index is 13.7. The van der Waals surface area contributed by atoms with E-state index in [1.54, 1.807) is 39.8 Å². The number of aryl methyl sites for hydroxylation is 2. The zero-order valence-corrected chi connectivity index (χ0v) is 34.7. The quantitative estimate of drug-likeness (QED) is 0.116. The van der Waals surface area contributed by atoms with E-state index in [2.05, 4.69) is 72.6 Å². The van der Waals surface area contributed by atoms with Crippen molar-refractivity contribution in [2.75, 3.05) is 0 Å². The molecule has 2 aromatic carbocycles. The van der Waals surface area contributed by atoms with Gasteiger partial charge in [-0.3, -0.25) is 10.2 Å². The van der Waals surface area contributed by atoms with Crippen molar-refractivity contribution in [1.29, 1.82) is 10.5 Å². The van der Waals surface area contributed by atoms with Gasteiger partial charge in [0.25, 0.3) is 0 Å². The van der Waals surface area contributed by atoms with Crippen molar-refractivity contribution in [2.45, 2.75) is 78.6 Å². The summed E-state index contributed by atoms with van der Waals surface area (Å²) < 4.78 is 92.5.